The minimum atomic E-state index is -4.40. The molecule has 2 aliphatic rings. The Kier molecular flexibility index (Phi) is 14.9. The van der Waals surface area contributed by atoms with Crippen LogP contribution in [0.15, 0.2) is 97.1 Å². The van der Waals surface area contributed by atoms with Gasteiger partial charge in [-0.3, -0.25) is 6.08 Å². The summed E-state index contributed by atoms with van der Waals surface area (Å²) in [6.45, 7) is 13.6. The first-order chi connectivity index (χ1) is 22.2. The van der Waals surface area contributed by atoms with Gasteiger partial charge in [-0.25, -0.2) is 12.2 Å². The maximum absolute atomic E-state index is 12.5. The van der Waals surface area contributed by atoms with Gasteiger partial charge in [0, 0.05) is 0 Å². The first-order valence-corrected chi connectivity index (χ1v) is 17.4. The first kappa shape index (κ1) is 43.4. The molecule has 0 radical (unpaired) electrons. The molecular formula is C41H40Cl2F6Hf. The average Bonchev–Trinajstić information content (AvgIpc) is 3.71. The fourth-order valence-electron chi connectivity index (χ4n) is 5.14. The largest absolute Gasteiger partial charge is 0.273 e. The van der Waals surface area contributed by atoms with E-state index < -0.39 is 23.5 Å². The summed E-state index contributed by atoms with van der Waals surface area (Å²) in [5.41, 5.74) is 8.42. The van der Waals surface area contributed by atoms with Crippen LogP contribution in [0.5, 0.6) is 0 Å². The Bertz CT molecular complexity index is 1670. The summed E-state index contributed by atoms with van der Waals surface area (Å²) in [5.74, 6) is 0. The van der Waals surface area contributed by atoms with Gasteiger partial charge in [-0.15, -0.1) is 36.8 Å². The van der Waals surface area contributed by atoms with Crippen LogP contribution in [-0.4, -0.2) is 3.26 Å². The molecule has 50 heavy (non-hydrogen) atoms. The Hall–Kier alpha value is -2.74. The molecule has 4 aromatic carbocycles. The number of allylic oxidation sites excluding steroid dienone is 4. The van der Waals surface area contributed by atoms with Crippen LogP contribution in [-0.2, 0) is 53.5 Å². The van der Waals surface area contributed by atoms with Gasteiger partial charge in [-0.2, -0.15) is 35.4 Å². The average molecular weight is 896 g/mol. The number of fused-ring (bicyclic) bond motifs is 3. The summed E-state index contributed by atoms with van der Waals surface area (Å²) in [7, 11) is 0. The van der Waals surface area contributed by atoms with Gasteiger partial charge in [0.15, 0.2) is 0 Å². The Morgan fingerprint density at radius 3 is 1.46 bits per heavy atom. The van der Waals surface area contributed by atoms with Crippen LogP contribution in [0.25, 0.3) is 11.1 Å². The second-order valence-electron chi connectivity index (χ2n) is 13.9. The Labute approximate surface area is 319 Å². The second kappa shape index (κ2) is 17.2. The normalized spacial score (nSPS) is 13.1. The number of hydrogen-bond donors (Lipinski definition) is 0. The molecule has 0 nitrogen and oxygen atoms in total. The van der Waals surface area contributed by atoms with Crippen molar-refractivity contribution in [2.45, 2.75) is 77.6 Å². The van der Waals surface area contributed by atoms with Crippen LogP contribution in [0.1, 0.15) is 92.5 Å². The third-order valence-electron chi connectivity index (χ3n) is 8.11. The molecule has 264 valence electrons. The summed E-state index contributed by atoms with van der Waals surface area (Å²) in [6, 6.07) is 24.3. The van der Waals surface area contributed by atoms with E-state index in [0.717, 1.165) is 40.4 Å². The third kappa shape index (κ3) is 11.4. The van der Waals surface area contributed by atoms with E-state index in [1.165, 1.54) is 57.6 Å². The summed E-state index contributed by atoms with van der Waals surface area (Å²) in [5, 5.41) is 0. The SMILES string of the molecule is CC(C)(C)c1c[c-]c2c(c1)-c1cc(C(C)(C)C)ccc1C2.Cl.Cl.FC(F)(F)c1ccc([C](=[Hf+2])c2ccc(C(F)(F)F)cc2)cc1.[C-]1=CC=CC1. The molecule has 6 rings (SSSR count). The van der Waals surface area contributed by atoms with Crippen molar-refractivity contribution in [1.29, 1.82) is 0 Å². The third-order valence-corrected chi connectivity index (χ3v) is 10.2. The van der Waals surface area contributed by atoms with Gasteiger partial charge in [-0.05, 0) is 17.4 Å². The monoisotopic (exact) mass is 896 g/mol. The topological polar surface area (TPSA) is 0 Å². The number of halogens is 8. The van der Waals surface area contributed by atoms with Crippen molar-refractivity contribution in [2.24, 2.45) is 0 Å². The van der Waals surface area contributed by atoms with E-state index in [1.54, 1.807) is 0 Å². The van der Waals surface area contributed by atoms with Crippen molar-refractivity contribution in [3.63, 3.8) is 0 Å². The Balaban J connectivity index is 0.000000293. The molecule has 9 heteroatoms. The molecule has 0 unspecified atom stereocenters. The molecule has 0 saturated heterocycles. The van der Waals surface area contributed by atoms with Crippen LogP contribution in [0.4, 0.5) is 26.3 Å². The van der Waals surface area contributed by atoms with Crippen LogP contribution in [0, 0.1) is 12.1 Å². The van der Waals surface area contributed by atoms with Crippen molar-refractivity contribution in [2.75, 3.05) is 0 Å². The van der Waals surface area contributed by atoms with Crippen molar-refractivity contribution in [3.8, 4) is 11.1 Å². The minimum absolute atomic E-state index is 0. The molecule has 0 bridgehead atoms. The number of rotatable bonds is 2. The van der Waals surface area contributed by atoms with Crippen molar-refractivity contribution in [1.82, 2.24) is 0 Å². The van der Waals surface area contributed by atoms with Crippen molar-refractivity contribution < 1.29 is 50.2 Å². The van der Waals surface area contributed by atoms with Gasteiger partial charge >= 0.3 is 137 Å². The van der Waals surface area contributed by atoms with E-state index in [-0.39, 0.29) is 35.6 Å². The van der Waals surface area contributed by atoms with Gasteiger partial charge in [0.1, 0.15) is 0 Å². The van der Waals surface area contributed by atoms with E-state index in [0.29, 0.717) is 35.0 Å². The molecule has 0 saturated carbocycles. The van der Waals surface area contributed by atoms with Crippen LogP contribution in [0.3, 0.4) is 0 Å². The molecule has 0 fully saturated rings. The standard InChI is InChI=1S/C21H25.C15H8F6.C5H5.2ClH.Hf/c1-20(2,3)16-9-7-14-11-15-8-10-17(21(4,5)6)13-19(15)18(14)12-16;16-14(17,18)12-5-1-10(2-6-12)9-11-3-7-13(8-4-11)15(19,20)21;1-2-4-5-3-1;;;/h7,9-10,12-13H,11H2,1-6H3;1-8H;1-3H,4H2;2*1H;/q-1;;-1;;;+2. The first-order valence-electron chi connectivity index (χ1n) is 15.6. The zero-order chi connectivity index (χ0) is 35.5. The maximum Gasteiger partial charge on any atom is -0.109 e. The maximum atomic E-state index is 12.5. The fraction of sp³-hybridized carbons (Fsp3) is 0.293. The number of alkyl halides is 6. The summed E-state index contributed by atoms with van der Waals surface area (Å²) >= 11 is 0.493. The van der Waals surface area contributed by atoms with Gasteiger partial charge < -0.3 is 0 Å². The molecule has 0 atom stereocenters. The van der Waals surface area contributed by atoms with Crippen LogP contribution < -0.4 is 0 Å². The van der Waals surface area contributed by atoms with Crippen molar-refractivity contribution in [3.05, 3.63) is 154 Å². The molecule has 0 aromatic heterocycles. The van der Waals surface area contributed by atoms with Crippen molar-refractivity contribution >= 4 is 28.1 Å². The molecule has 0 N–H and O–H groups in total. The van der Waals surface area contributed by atoms with E-state index in [2.05, 4.69) is 90.1 Å². The van der Waals surface area contributed by atoms with E-state index in [9.17, 15) is 26.3 Å². The minimum Gasteiger partial charge on any atom is -0.273 e. The molecule has 0 aliphatic heterocycles. The van der Waals surface area contributed by atoms with E-state index >= 15 is 0 Å². The van der Waals surface area contributed by atoms with Gasteiger partial charge in [0.2, 0.25) is 0 Å². The van der Waals surface area contributed by atoms with Crippen LogP contribution >= 0.6 is 24.8 Å². The summed E-state index contributed by atoms with van der Waals surface area (Å²) in [6.07, 6.45) is 2.22. The Morgan fingerprint density at radius 2 is 1.08 bits per heavy atom. The molecule has 0 amide bonds. The molecular weight excluding hydrogens is 856 g/mol. The molecule has 0 spiro atoms. The van der Waals surface area contributed by atoms with Crippen LogP contribution in [0.2, 0.25) is 0 Å². The van der Waals surface area contributed by atoms with E-state index in [1.807, 2.05) is 12.2 Å². The quantitative estimate of drug-likeness (QED) is 0.0941. The smallest absolute Gasteiger partial charge is 0.109 e. The zero-order valence-corrected chi connectivity index (χ0v) is 34.0. The molecule has 4 aromatic rings. The molecule has 0 heterocycles. The van der Waals surface area contributed by atoms with Gasteiger partial charge in [0.25, 0.3) is 0 Å². The summed E-state index contributed by atoms with van der Waals surface area (Å²) in [4.78, 5) is 0. The van der Waals surface area contributed by atoms with E-state index in [4.69, 9.17) is 0 Å². The number of benzene rings is 4. The fourth-order valence-corrected chi connectivity index (χ4v) is 6.34. The Morgan fingerprint density at radius 1 is 0.620 bits per heavy atom. The predicted molar refractivity (Wildman–Crippen MR) is 193 cm³/mol. The second-order valence-corrected chi connectivity index (χ2v) is 15.7. The van der Waals surface area contributed by atoms with Gasteiger partial charge in [0.05, 0.1) is 0 Å². The zero-order valence-electron chi connectivity index (χ0n) is 28.7. The number of hydrogen-bond acceptors (Lipinski definition) is 0. The predicted octanol–water partition coefficient (Wildman–Crippen LogP) is 12.6. The van der Waals surface area contributed by atoms with Gasteiger partial charge in [-0.1, -0.05) is 76.3 Å². The summed E-state index contributed by atoms with van der Waals surface area (Å²) < 4.78 is 75.7. The molecule has 2 aliphatic carbocycles.